The van der Waals surface area contributed by atoms with Gasteiger partial charge in [0, 0.05) is 17.8 Å². The molecule has 10 heteroatoms. The summed E-state index contributed by atoms with van der Waals surface area (Å²) in [5.41, 5.74) is 1.29. The number of nitrogens with zero attached hydrogens (tertiary/aromatic N) is 5. The summed E-state index contributed by atoms with van der Waals surface area (Å²) < 4.78 is 21.6. The Morgan fingerprint density at radius 1 is 1.19 bits per heavy atom. The number of methoxy groups -OCH3 is 1. The Balaban J connectivity index is 1.42. The lowest BCUT2D eigenvalue weighted by Gasteiger charge is -2.26. The molecule has 0 radical (unpaired) electrons. The van der Waals surface area contributed by atoms with Crippen LogP contribution in [-0.4, -0.2) is 44.3 Å². The van der Waals surface area contributed by atoms with Crippen molar-refractivity contribution in [2.75, 3.05) is 23.9 Å². The minimum absolute atomic E-state index is 0.100. The topological polar surface area (TPSA) is 105 Å². The molecular formula is C26H27FN6O3. The SMILES string of the molecule is COc1ccc(F)c([C@H]2CCCN2c2cn3c(C(=O)Nc4ccc(C(C)(C)O)cc4)nnc3cn2)c1. The van der Waals surface area contributed by atoms with Gasteiger partial charge in [-0.15, -0.1) is 10.2 Å². The second-order valence-corrected chi connectivity index (χ2v) is 9.33. The Morgan fingerprint density at radius 2 is 1.97 bits per heavy atom. The minimum Gasteiger partial charge on any atom is -0.497 e. The van der Waals surface area contributed by atoms with Crippen LogP contribution in [0.2, 0.25) is 0 Å². The first kappa shape index (κ1) is 23.7. The van der Waals surface area contributed by atoms with Gasteiger partial charge in [0.05, 0.1) is 31.1 Å². The van der Waals surface area contributed by atoms with E-state index in [1.165, 1.54) is 6.07 Å². The van der Waals surface area contributed by atoms with Crippen molar-refractivity contribution < 1.29 is 19.0 Å². The molecule has 3 heterocycles. The smallest absolute Gasteiger partial charge is 0.293 e. The van der Waals surface area contributed by atoms with Crippen LogP contribution in [0.3, 0.4) is 0 Å². The standard InChI is InChI=1S/C26H27FN6O3/c1-26(2,35)16-6-8-17(9-7-16)29-25(34)24-31-30-22-14-28-23(15-33(22)24)32-12-4-5-21(32)19-13-18(36-3)10-11-20(19)27/h6-11,13-15,21,35H,4-5,12H2,1-3H3,(H,29,34)/t21-/m1/s1. The molecule has 0 saturated carbocycles. The average Bonchev–Trinajstić information content (AvgIpc) is 3.51. The van der Waals surface area contributed by atoms with Gasteiger partial charge < -0.3 is 20.1 Å². The van der Waals surface area contributed by atoms with Crippen LogP contribution in [0.1, 0.15) is 54.5 Å². The van der Waals surface area contributed by atoms with Crippen molar-refractivity contribution >= 4 is 23.1 Å². The molecular weight excluding hydrogens is 463 g/mol. The van der Waals surface area contributed by atoms with Crippen LogP contribution in [0.4, 0.5) is 15.9 Å². The highest BCUT2D eigenvalue weighted by molar-refractivity contribution is 6.02. The largest absolute Gasteiger partial charge is 0.497 e. The molecule has 0 aliphatic carbocycles. The van der Waals surface area contributed by atoms with Crippen LogP contribution < -0.4 is 15.0 Å². The molecule has 0 unspecified atom stereocenters. The highest BCUT2D eigenvalue weighted by Crippen LogP contribution is 2.37. The molecule has 0 bridgehead atoms. The van der Waals surface area contributed by atoms with Gasteiger partial charge in [-0.2, -0.15) is 0 Å². The van der Waals surface area contributed by atoms with E-state index in [0.717, 1.165) is 18.4 Å². The molecule has 5 rings (SSSR count). The van der Waals surface area contributed by atoms with Crippen molar-refractivity contribution in [3.05, 3.63) is 77.6 Å². The third-order valence-corrected chi connectivity index (χ3v) is 6.44. The van der Waals surface area contributed by atoms with Gasteiger partial charge in [0.1, 0.15) is 17.4 Å². The van der Waals surface area contributed by atoms with E-state index >= 15 is 0 Å². The zero-order valence-corrected chi connectivity index (χ0v) is 20.3. The molecule has 9 nitrogen and oxygen atoms in total. The maximum absolute atomic E-state index is 14.7. The number of carbonyl (C=O) groups excluding carboxylic acids is 1. The van der Waals surface area contributed by atoms with Crippen LogP contribution >= 0.6 is 0 Å². The van der Waals surface area contributed by atoms with Crippen molar-refractivity contribution in [3.8, 4) is 5.75 Å². The summed E-state index contributed by atoms with van der Waals surface area (Å²) in [4.78, 5) is 19.6. The Hall–Kier alpha value is -4.05. The van der Waals surface area contributed by atoms with Crippen molar-refractivity contribution in [1.82, 2.24) is 19.6 Å². The highest BCUT2D eigenvalue weighted by atomic mass is 19.1. The summed E-state index contributed by atoms with van der Waals surface area (Å²) in [5, 5.41) is 21.1. The fourth-order valence-electron chi connectivity index (χ4n) is 4.51. The fourth-order valence-corrected chi connectivity index (χ4v) is 4.51. The predicted octanol–water partition coefficient (Wildman–Crippen LogP) is 4.09. The number of nitrogens with one attached hydrogen (secondary N) is 1. The summed E-state index contributed by atoms with van der Waals surface area (Å²) in [7, 11) is 1.55. The number of hydrogen-bond acceptors (Lipinski definition) is 7. The fraction of sp³-hybridized carbons (Fsp3) is 0.308. The monoisotopic (exact) mass is 490 g/mol. The lowest BCUT2D eigenvalue weighted by molar-refractivity contribution is 0.0786. The number of anilines is 2. The third kappa shape index (κ3) is 4.47. The number of rotatable bonds is 6. The van der Waals surface area contributed by atoms with E-state index in [4.69, 9.17) is 4.74 Å². The van der Waals surface area contributed by atoms with E-state index in [1.54, 1.807) is 74.1 Å². The first-order valence-electron chi connectivity index (χ1n) is 11.7. The Morgan fingerprint density at radius 3 is 2.69 bits per heavy atom. The lowest BCUT2D eigenvalue weighted by atomic mass is 9.98. The molecule has 1 aliphatic heterocycles. The van der Waals surface area contributed by atoms with E-state index in [9.17, 15) is 14.3 Å². The molecule has 4 aromatic rings. The number of hydrogen-bond donors (Lipinski definition) is 2. The van der Waals surface area contributed by atoms with Crippen LogP contribution in [0.5, 0.6) is 5.75 Å². The first-order valence-corrected chi connectivity index (χ1v) is 11.7. The van der Waals surface area contributed by atoms with Crippen LogP contribution in [-0.2, 0) is 5.60 Å². The Kier molecular flexibility index (Phi) is 6.05. The predicted molar refractivity (Wildman–Crippen MR) is 133 cm³/mol. The molecule has 2 aromatic heterocycles. The molecule has 36 heavy (non-hydrogen) atoms. The number of halogens is 1. The summed E-state index contributed by atoms with van der Waals surface area (Å²) in [5.74, 6) is 0.551. The molecule has 1 fully saturated rings. The molecule has 2 aromatic carbocycles. The van der Waals surface area contributed by atoms with E-state index in [0.29, 0.717) is 35.0 Å². The second kappa shape index (κ2) is 9.19. The van der Waals surface area contributed by atoms with Crippen molar-refractivity contribution in [2.24, 2.45) is 0 Å². The number of amides is 1. The highest BCUT2D eigenvalue weighted by Gasteiger charge is 2.30. The molecule has 1 atom stereocenters. The second-order valence-electron chi connectivity index (χ2n) is 9.33. The maximum Gasteiger partial charge on any atom is 0.293 e. The number of aromatic nitrogens is 4. The number of carbonyl (C=O) groups is 1. The summed E-state index contributed by atoms with van der Waals surface area (Å²) in [6.45, 7) is 4.08. The van der Waals surface area contributed by atoms with Gasteiger partial charge in [-0.1, -0.05) is 12.1 Å². The van der Waals surface area contributed by atoms with E-state index in [-0.39, 0.29) is 17.7 Å². The van der Waals surface area contributed by atoms with Crippen LogP contribution in [0.25, 0.3) is 5.65 Å². The van der Waals surface area contributed by atoms with Crippen molar-refractivity contribution in [3.63, 3.8) is 0 Å². The molecule has 186 valence electrons. The molecule has 1 saturated heterocycles. The maximum atomic E-state index is 14.7. The van der Waals surface area contributed by atoms with E-state index in [1.807, 2.05) is 4.90 Å². The van der Waals surface area contributed by atoms with Gasteiger partial charge >= 0.3 is 0 Å². The molecule has 1 aliphatic rings. The number of benzene rings is 2. The summed E-state index contributed by atoms with van der Waals surface area (Å²) >= 11 is 0. The van der Waals surface area contributed by atoms with E-state index < -0.39 is 11.5 Å². The van der Waals surface area contributed by atoms with Gasteiger partial charge in [-0.25, -0.2) is 9.37 Å². The number of fused-ring (bicyclic) bond motifs is 1. The lowest BCUT2D eigenvalue weighted by Crippen LogP contribution is -2.25. The Labute approximate surface area is 207 Å². The van der Waals surface area contributed by atoms with Gasteiger partial charge in [-0.3, -0.25) is 9.20 Å². The van der Waals surface area contributed by atoms with Crippen LogP contribution in [0.15, 0.2) is 54.9 Å². The summed E-state index contributed by atoms with van der Waals surface area (Å²) in [6.07, 6.45) is 4.89. The van der Waals surface area contributed by atoms with E-state index in [2.05, 4.69) is 20.5 Å². The van der Waals surface area contributed by atoms with Gasteiger partial charge in [-0.05, 0) is 62.6 Å². The zero-order chi connectivity index (χ0) is 25.4. The number of ether oxygens (including phenoxy) is 1. The molecule has 0 spiro atoms. The number of aliphatic hydroxyl groups is 1. The summed E-state index contributed by atoms with van der Waals surface area (Å²) in [6, 6.07) is 11.5. The minimum atomic E-state index is -0.976. The van der Waals surface area contributed by atoms with Gasteiger partial charge in [0.2, 0.25) is 5.82 Å². The normalized spacial score (nSPS) is 15.9. The van der Waals surface area contributed by atoms with Gasteiger partial charge in [0.25, 0.3) is 5.91 Å². The Bertz CT molecular complexity index is 1410. The van der Waals surface area contributed by atoms with Crippen LogP contribution in [0, 0.1) is 5.82 Å². The third-order valence-electron chi connectivity index (χ3n) is 6.44. The first-order chi connectivity index (χ1) is 17.2. The van der Waals surface area contributed by atoms with Crippen molar-refractivity contribution in [1.29, 1.82) is 0 Å². The average molecular weight is 491 g/mol. The molecule has 2 N–H and O–H groups in total. The molecule has 1 amide bonds. The van der Waals surface area contributed by atoms with Crippen molar-refractivity contribution in [2.45, 2.75) is 38.3 Å². The quantitative estimate of drug-likeness (QED) is 0.419. The zero-order valence-electron chi connectivity index (χ0n) is 20.3. The van der Waals surface area contributed by atoms with Gasteiger partial charge in [0.15, 0.2) is 5.65 Å².